The molecule has 0 atom stereocenters. The molecule has 0 N–H and O–H groups in total. The van der Waals surface area contributed by atoms with Crippen molar-refractivity contribution in [1.29, 1.82) is 0 Å². The molecule has 0 spiro atoms. The molecule has 0 aromatic carbocycles. The Labute approximate surface area is 147 Å². The van der Waals surface area contributed by atoms with Crippen LogP contribution < -0.4 is 9.80 Å². The number of piperazine rings is 1. The Kier molecular flexibility index (Phi) is 3.89. The van der Waals surface area contributed by atoms with Gasteiger partial charge in [0, 0.05) is 56.5 Å². The first-order chi connectivity index (χ1) is 12.4. The number of aryl methyl sites for hydroxylation is 1. The second-order valence-corrected chi connectivity index (χ2v) is 6.10. The molecule has 0 amide bonds. The number of nitrogens with zero attached hydrogens (tertiary/aromatic N) is 7. The highest BCUT2D eigenvalue weighted by atomic mass is 19.4. The normalized spacial score (nSPS) is 15.7. The highest BCUT2D eigenvalue weighted by Gasteiger charge is 2.34. The number of alkyl halides is 3. The molecule has 10 heteroatoms. The third kappa shape index (κ3) is 3.02. The fraction of sp³-hybridized carbons (Fsp3) is 0.375. The van der Waals surface area contributed by atoms with E-state index in [9.17, 15) is 13.2 Å². The van der Waals surface area contributed by atoms with Crippen molar-refractivity contribution in [3.63, 3.8) is 0 Å². The summed E-state index contributed by atoms with van der Waals surface area (Å²) in [6.07, 6.45) is 1.00. The van der Waals surface area contributed by atoms with Crippen molar-refractivity contribution in [2.24, 2.45) is 0 Å². The van der Waals surface area contributed by atoms with Crippen LogP contribution in [0.5, 0.6) is 0 Å². The van der Waals surface area contributed by atoms with Gasteiger partial charge in [-0.2, -0.15) is 13.2 Å². The molecule has 4 rings (SSSR count). The monoisotopic (exact) mass is 363 g/mol. The van der Waals surface area contributed by atoms with Crippen LogP contribution in [0.1, 0.15) is 11.4 Å². The van der Waals surface area contributed by atoms with Gasteiger partial charge in [-0.3, -0.25) is 0 Å². The molecular weight excluding hydrogens is 347 g/mol. The van der Waals surface area contributed by atoms with Gasteiger partial charge in [0.1, 0.15) is 12.1 Å². The van der Waals surface area contributed by atoms with E-state index < -0.39 is 11.9 Å². The van der Waals surface area contributed by atoms with Gasteiger partial charge in [0.05, 0.1) is 0 Å². The van der Waals surface area contributed by atoms with Gasteiger partial charge in [0.15, 0.2) is 17.2 Å². The zero-order valence-corrected chi connectivity index (χ0v) is 14.0. The first-order valence-corrected chi connectivity index (χ1v) is 8.11. The molecule has 3 aromatic heterocycles. The Balaban J connectivity index is 1.57. The summed E-state index contributed by atoms with van der Waals surface area (Å²) in [5.74, 6) is 1.31. The van der Waals surface area contributed by atoms with E-state index in [2.05, 4.69) is 24.8 Å². The summed E-state index contributed by atoms with van der Waals surface area (Å²) >= 11 is 0. The second-order valence-electron chi connectivity index (χ2n) is 6.10. The van der Waals surface area contributed by atoms with Crippen LogP contribution >= 0.6 is 0 Å². The van der Waals surface area contributed by atoms with Gasteiger partial charge in [-0.1, -0.05) is 0 Å². The van der Waals surface area contributed by atoms with Crippen LogP contribution in [-0.2, 0) is 6.18 Å². The van der Waals surface area contributed by atoms with Gasteiger partial charge < -0.3 is 14.2 Å². The van der Waals surface area contributed by atoms with Crippen molar-refractivity contribution < 1.29 is 13.2 Å². The number of imidazole rings is 1. The van der Waals surface area contributed by atoms with Crippen LogP contribution in [-0.4, -0.2) is 50.5 Å². The molecule has 136 valence electrons. The maximum Gasteiger partial charge on any atom is 0.434 e. The molecule has 0 saturated carbocycles. The molecule has 4 heterocycles. The predicted octanol–water partition coefficient (Wildman–Crippen LogP) is 2.17. The molecule has 0 aliphatic carbocycles. The first-order valence-electron chi connectivity index (χ1n) is 8.11. The fourth-order valence-electron chi connectivity index (χ4n) is 3.03. The predicted molar refractivity (Wildman–Crippen MR) is 89.2 cm³/mol. The lowest BCUT2D eigenvalue weighted by atomic mass is 10.3. The van der Waals surface area contributed by atoms with E-state index in [1.54, 1.807) is 0 Å². The van der Waals surface area contributed by atoms with Gasteiger partial charge in [-0.25, -0.2) is 19.9 Å². The van der Waals surface area contributed by atoms with Crippen molar-refractivity contribution in [1.82, 2.24) is 24.3 Å². The third-order valence-corrected chi connectivity index (χ3v) is 4.34. The standard InChI is InChI=1S/C16H16F3N7/c1-11-8-13(22-10-21-11)24-4-6-25(7-5-24)14-15-23-12(16(17,18)19)9-26(15)3-2-20-14/h2-3,8-10H,4-7H2,1H3. The molecule has 1 aliphatic rings. The van der Waals surface area contributed by atoms with Crippen LogP contribution in [0.2, 0.25) is 0 Å². The number of hydrogen-bond donors (Lipinski definition) is 0. The molecule has 3 aromatic rings. The fourth-order valence-corrected chi connectivity index (χ4v) is 3.03. The molecule has 26 heavy (non-hydrogen) atoms. The quantitative estimate of drug-likeness (QED) is 0.695. The van der Waals surface area contributed by atoms with Gasteiger partial charge in [-0.15, -0.1) is 0 Å². The maximum absolute atomic E-state index is 12.9. The van der Waals surface area contributed by atoms with Crippen molar-refractivity contribution >= 4 is 17.3 Å². The van der Waals surface area contributed by atoms with Crippen LogP contribution in [0.3, 0.4) is 0 Å². The summed E-state index contributed by atoms with van der Waals surface area (Å²) in [5.41, 5.74) is 0.189. The molecule has 1 fully saturated rings. The Hall–Kier alpha value is -2.91. The summed E-state index contributed by atoms with van der Waals surface area (Å²) in [6.45, 7) is 4.51. The number of halogens is 3. The first kappa shape index (κ1) is 16.6. The van der Waals surface area contributed by atoms with E-state index >= 15 is 0 Å². The summed E-state index contributed by atoms with van der Waals surface area (Å²) in [5, 5.41) is 0. The summed E-state index contributed by atoms with van der Waals surface area (Å²) in [4.78, 5) is 20.5. The Morgan fingerprint density at radius 3 is 2.42 bits per heavy atom. The molecule has 1 saturated heterocycles. The van der Waals surface area contributed by atoms with Crippen molar-refractivity contribution in [2.45, 2.75) is 13.1 Å². The minimum atomic E-state index is -4.48. The Morgan fingerprint density at radius 1 is 1.00 bits per heavy atom. The topological polar surface area (TPSA) is 62.5 Å². The van der Waals surface area contributed by atoms with Gasteiger partial charge in [0.2, 0.25) is 0 Å². The molecule has 7 nitrogen and oxygen atoms in total. The van der Waals surface area contributed by atoms with Gasteiger partial charge >= 0.3 is 6.18 Å². The number of rotatable bonds is 2. The van der Waals surface area contributed by atoms with E-state index in [0.29, 0.717) is 32.0 Å². The minimum Gasteiger partial charge on any atom is -0.353 e. The van der Waals surface area contributed by atoms with Gasteiger partial charge in [0.25, 0.3) is 0 Å². The summed E-state index contributed by atoms with van der Waals surface area (Å²) in [6, 6.07) is 1.92. The van der Waals surface area contributed by atoms with Crippen LogP contribution in [0.4, 0.5) is 24.8 Å². The smallest absolute Gasteiger partial charge is 0.353 e. The van der Waals surface area contributed by atoms with Crippen molar-refractivity contribution in [2.75, 3.05) is 36.0 Å². The Bertz CT molecular complexity index is 929. The van der Waals surface area contributed by atoms with Crippen molar-refractivity contribution in [3.8, 4) is 0 Å². The van der Waals surface area contributed by atoms with Crippen LogP contribution in [0.15, 0.2) is 31.0 Å². The van der Waals surface area contributed by atoms with Crippen molar-refractivity contribution in [3.05, 3.63) is 42.4 Å². The van der Waals surface area contributed by atoms with E-state index in [4.69, 9.17) is 0 Å². The molecule has 0 bridgehead atoms. The number of aromatic nitrogens is 5. The lowest BCUT2D eigenvalue weighted by Crippen LogP contribution is -2.47. The lowest BCUT2D eigenvalue weighted by molar-refractivity contribution is -0.140. The zero-order valence-electron chi connectivity index (χ0n) is 14.0. The zero-order chi connectivity index (χ0) is 18.3. The van der Waals surface area contributed by atoms with E-state index in [-0.39, 0.29) is 5.65 Å². The third-order valence-electron chi connectivity index (χ3n) is 4.34. The lowest BCUT2D eigenvalue weighted by Gasteiger charge is -2.36. The molecule has 0 unspecified atom stereocenters. The number of fused-ring (bicyclic) bond motifs is 1. The summed E-state index contributed by atoms with van der Waals surface area (Å²) in [7, 11) is 0. The Morgan fingerprint density at radius 2 is 1.73 bits per heavy atom. The van der Waals surface area contributed by atoms with Gasteiger partial charge in [-0.05, 0) is 6.92 Å². The largest absolute Gasteiger partial charge is 0.434 e. The van der Waals surface area contributed by atoms with E-state index in [1.807, 2.05) is 17.9 Å². The molecular formula is C16H16F3N7. The molecule has 0 radical (unpaired) electrons. The number of hydrogen-bond acceptors (Lipinski definition) is 6. The highest BCUT2D eigenvalue weighted by Crippen LogP contribution is 2.30. The highest BCUT2D eigenvalue weighted by molar-refractivity contribution is 5.65. The van der Waals surface area contributed by atoms with Crippen LogP contribution in [0.25, 0.3) is 5.65 Å². The average molecular weight is 363 g/mol. The van der Waals surface area contributed by atoms with E-state index in [1.165, 1.54) is 23.1 Å². The number of anilines is 2. The minimum absolute atomic E-state index is 0.214. The van der Waals surface area contributed by atoms with E-state index in [0.717, 1.165) is 17.7 Å². The summed E-state index contributed by atoms with van der Waals surface area (Å²) < 4.78 is 40.2. The maximum atomic E-state index is 12.9. The molecule has 1 aliphatic heterocycles. The van der Waals surface area contributed by atoms with Crippen LogP contribution in [0, 0.1) is 6.92 Å². The SMILES string of the molecule is Cc1cc(N2CCN(c3nccn4cc(C(F)(F)F)nc34)CC2)ncn1. The second kappa shape index (κ2) is 6.11. The average Bonchev–Trinajstić information content (AvgIpc) is 3.07.